The first kappa shape index (κ1) is 26.5. The first-order chi connectivity index (χ1) is 20.1. The maximum Gasteiger partial charge on any atom is 0.271 e. The van der Waals surface area contributed by atoms with Gasteiger partial charge in [0.2, 0.25) is 0 Å². The van der Waals surface area contributed by atoms with Gasteiger partial charge < -0.3 is 19.1 Å². The van der Waals surface area contributed by atoms with Crippen LogP contribution in [0.15, 0.2) is 57.8 Å². The average molecular weight is 607 g/mol. The zero-order chi connectivity index (χ0) is 28.1. The number of para-hydroxylation sites is 1. The Balaban J connectivity index is 1.43. The summed E-state index contributed by atoms with van der Waals surface area (Å²) in [5, 5.41) is 1.23. The minimum Gasteiger partial charge on any atom is -0.493 e. The molecule has 2 aliphatic heterocycles. The lowest BCUT2D eigenvalue weighted by atomic mass is 9.83. The van der Waals surface area contributed by atoms with Gasteiger partial charge in [-0.3, -0.25) is 9.36 Å². The number of anilines is 1. The van der Waals surface area contributed by atoms with E-state index in [1.165, 1.54) is 28.2 Å². The molecule has 0 amide bonds. The Morgan fingerprint density at radius 2 is 1.88 bits per heavy atom. The smallest absolute Gasteiger partial charge is 0.271 e. The molecule has 0 spiro atoms. The van der Waals surface area contributed by atoms with Gasteiger partial charge in [0.05, 0.1) is 48.6 Å². The normalized spacial score (nSPS) is 18.5. The molecule has 41 heavy (non-hydrogen) atoms. The van der Waals surface area contributed by atoms with Gasteiger partial charge in [0.1, 0.15) is 5.15 Å². The van der Waals surface area contributed by atoms with Crippen molar-refractivity contribution in [2.45, 2.75) is 18.9 Å². The summed E-state index contributed by atoms with van der Waals surface area (Å²) < 4.78 is 19.3. The molecule has 2 aromatic heterocycles. The highest BCUT2D eigenvalue weighted by atomic mass is 35.5. The van der Waals surface area contributed by atoms with E-state index in [1.807, 2.05) is 30.3 Å². The van der Waals surface area contributed by atoms with E-state index in [9.17, 15) is 4.79 Å². The van der Waals surface area contributed by atoms with Crippen LogP contribution in [0.2, 0.25) is 5.15 Å². The number of ether oxygens (including phenoxy) is 3. The second kappa shape index (κ2) is 10.8. The molecule has 1 saturated heterocycles. The molecule has 0 radical (unpaired) electrons. The summed E-state index contributed by atoms with van der Waals surface area (Å²) in [6.45, 7) is 2.85. The van der Waals surface area contributed by atoms with Gasteiger partial charge in [0.25, 0.3) is 5.56 Å². The number of thiazole rings is 2. The minimum atomic E-state index is -0.386. The molecular weight excluding hydrogens is 580 g/mol. The Morgan fingerprint density at radius 1 is 1.05 bits per heavy atom. The highest BCUT2D eigenvalue weighted by molar-refractivity contribution is 7.17. The van der Waals surface area contributed by atoms with Crippen LogP contribution >= 0.6 is 34.3 Å². The number of methoxy groups -OCH3 is 2. The number of aryl methyl sites for hydroxylation is 1. The van der Waals surface area contributed by atoms with Gasteiger partial charge >= 0.3 is 0 Å². The van der Waals surface area contributed by atoms with Crippen molar-refractivity contribution < 1.29 is 14.2 Å². The van der Waals surface area contributed by atoms with E-state index in [1.54, 1.807) is 18.8 Å². The quantitative estimate of drug-likeness (QED) is 0.338. The second-order valence-corrected chi connectivity index (χ2v) is 12.3. The fourth-order valence-electron chi connectivity index (χ4n) is 5.83. The predicted molar refractivity (Wildman–Crippen MR) is 162 cm³/mol. The molecule has 8 nitrogen and oxygen atoms in total. The summed E-state index contributed by atoms with van der Waals surface area (Å²) in [7, 11) is 3.26. The van der Waals surface area contributed by atoms with Crippen LogP contribution < -0.4 is 29.3 Å². The van der Waals surface area contributed by atoms with E-state index < -0.39 is 0 Å². The number of benzene rings is 2. The van der Waals surface area contributed by atoms with Crippen molar-refractivity contribution in [2.75, 3.05) is 45.4 Å². The van der Waals surface area contributed by atoms with Crippen LogP contribution in [-0.2, 0) is 11.2 Å². The van der Waals surface area contributed by atoms with E-state index in [-0.39, 0.29) is 11.6 Å². The molecule has 0 bridgehead atoms. The van der Waals surface area contributed by atoms with Gasteiger partial charge in [0.15, 0.2) is 21.4 Å². The summed E-state index contributed by atoms with van der Waals surface area (Å²) in [6, 6.07) is 13.8. The number of hydrogen-bond acceptors (Lipinski definition) is 9. The number of aromatic nitrogens is 2. The SMILES string of the molecule is COc1cccc(C2C3=C(N=c4sc(=Cc5sc(N6CCOCC6)nc5Cl)c(=O)n42)c2ccccc2CC3)c1OC. The highest BCUT2D eigenvalue weighted by Crippen LogP contribution is 2.45. The van der Waals surface area contributed by atoms with Crippen LogP contribution in [-0.4, -0.2) is 50.1 Å². The Hall–Kier alpha value is -3.44. The third kappa shape index (κ3) is 4.50. The van der Waals surface area contributed by atoms with Crippen LogP contribution in [0.3, 0.4) is 0 Å². The molecule has 2 aromatic carbocycles. The van der Waals surface area contributed by atoms with Gasteiger partial charge in [0, 0.05) is 24.2 Å². The van der Waals surface area contributed by atoms with E-state index in [0.717, 1.165) is 58.3 Å². The van der Waals surface area contributed by atoms with Crippen LogP contribution in [0.1, 0.15) is 34.0 Å². The van der Waals surface area contributed by atoms with Crippen molar-refractivity contribution in [2.24, 2.45) is 4.99 Å². The van der Waals surface area contributed by atoms with Crippen molar-refractivity contribution in [3.8, 4) is 11.5 Å². The Bertz CT molecular complexity index is 1870. The van der Waals surface area contributed by atoms with E-state index >= 15 is 0 Å². The fraction of sp³-hybridized carbons (Fsp3) is 0.300. The number of fused-ring (bicyclic) bond motifs is 3. The molecule has 7 rings (SSSR count). The maximum atomic E-state index is 14.2. The second-order valence-electron chi connectivity index (χ2n) is 9.95. The Labute approximate surface area is 249 Å². The van der Waals surface area contributed by atoms with Crippen LogP contribution in [0.25, 0.3) is 11.8 Å². The highest BCUT2D eigenvalue weighted by Gasteiger charge is 2.35. The molecule has 1 aliphatic carbocycles. The molecular formula is C30H27ClN4O4S2. The standard InChI is InChI=1S/C30H27ClN4O4S2/c1-37-21-9-5-8-20(26(21)38-2)25-19-11-10-17-6-3-4-7-18(17)24(19)32-30-35(25)28(36)23(41-30)16-22-27(31)33-29(40-22)34-12-14-39-15-13-34/h3-9,16,25H,10-15H2,1-2H3. The van der Waals surface area contributed by atoms with E-state index in [4.69, 9.17) is 30.8 Å². The van der Waals surface area contributed by atoms with E-state index in [0.29, 0.717) is 39.2 Å². The third-order valence-corrected chi connectivity index (χ3v) is 10.2. The third-order valence-electron chi connectivity index (χ3n) is 7.74. The van der Waals surface area contributed by atoms with Crippen molar-refractivity contribution in [3.05, 3.63) is 94.4 Å². The number of nitrogens with zero attached hydrogens (tertiary/aromatic N) is 4. The van der Waals surface area contributed by atoms with E-state index in [2.05, 4.69) is 28.1 Å². The summed E-state index contributed by atoms with van der Waals surface area (Å²) in [5.74, 6) is 1.23. The Kier molecular flexibility index (Phi) is 6.94. The number of morpholine rings is 1. The lowest BCUT2D eigenvalue weighted by molar-refractivity contribution is 0.122. The molecule has 11 heteroatoms. The van der Waals surface area contributed by atoms with Crippen molar-refractivity contribution >= 4 is 51.2 Å². The Morgan fingerprint density at radius 3 is 2.68 bits per heavy atom. The fourth-order valence-corrected chi connectivity index (χ4v) is 8.14. The molecule has 1 unspecified atom stereocenters. The van der Waals surface area contributed by atoms with Gasteiger partial charge in [-0.1, -0.05) is 70.7 Å². The average Bonchev–Trinajstić information content (AvgIpc) is 3.54. The number of allylic oxidation sites excluding steroid dienone is 1. The molecule has 0 N–H and O–H groups in total. The van der Waals surface area contributed by atoms with Crippen LogP contribution in [0.4, 0.5) is 5.13 Å². The molecule has 3 aliphatic rings. The van der Waals surface area contributed by atoms with Gasteiger partial charge in [-0.15, -0.1) is 0 Å². The lowest BCUT2D eigenvalue weighted by Crippen LogP contribution is -2.39. The lowest BCUT2D eigenvalue weighted by Gasteiger charge is -2.31. The summed E-state index contributed by atoms with van der Waals surface area (Å²) in [6.07, 6.45) is 3.51. The van der Waals surface area contributed by atoms with Crippen molar-refractivity contribution in [3.63, 3.8) is 0 Å². The van der Waals surface area contributed by atoms with Crippen molar-refractivity contribution in [1.82, 2.24) is 9.55 Å². The summed E-state index contributed by atoms with van der Waals surface area (Å²) in [5.41, 5.74) is 5.15. The van der Waals surface area contributed by atoms with Crippen LogP contribution in [0, 0.1) is 0 Å². The van der Waals surface area contributed by atoms with Gasteiger partial charge in [-0.25, -0.2) is 9.98 Å². The van der Waals surface area contributed by atoms with Crippen LogP contribution in [0.5, 0.6) is 11.5 Å². The molecule has 4 heterocycles. The monoisotopic (exact) mass is 606 g/mol. The van der Waals surface area contributed by atoms with Crippen molar-refractivity contribution in [1.29, 1.82) is 0 Å². The molecule has 210 valence electrons. The number of rotatable bonds is 5. The summed E-state index contributed by atoms with van der Waals surface area (Å²) >= 11 is 9.45. The molecule has 1 fully saturated rings. The van der Waals surface area contributed by atoms with Gasteiger partial charge in [-0.2, -0.15) is 0 Å². The summed E-state index contributed by atoms with van der Waals surface area (Å²) in [4.78, 5) is 27.5. The zero-order valence-electron chi connectivity index (χ0n) is 22.6. The minimum absolute atomic E-state index is 0.119. The number of hydrogen-bond donors (Lipinski definition) is 0. The predicted octanol–water partition coefficient (Wildman–Crippen LogP) is 4.28. The maximum absolute atomic E-state index is 14.2. The first-order valence-electron chi connectivity index (χ1n) is 13.4. The zero-order valence-corrected chi connectivity index (χ0v) is 24.9. The molecule has 0 saturated carbocycles. The van der Waals surface area contributed by atoms with Gasteiger partial charge in [-0.05, 0) is 36.1 Å². The molecule has 1 atom stereocenters. The largest absolute Gasteiger partial charge is 0.493 e. The first-order valence-corrected chi connectivity index (χ1v) is 15.4. The molecule has 4 aromatic rings. The topological polar surface area (TPSA) is 78.2 Å². The number of halogens is 1.